The second-order valence-corrected chi connectivity index (χ2v) is 10.6. The van der Waals surface area contributed by atoms with Crippen LogP contribution in [-0.2, 0) is 24.6 Å². The Labute approximate surface area is 229 Å². The third kappa shape index (κ3) is 6.49. The van der Waals surface area contributed by atoms with Crippen LogP contribution in [-0.4, -0.2) is 47.1 Å². The van der Waals surface area contributed by atoms with Crippen molar-refractivity contribution < 1.29 is 31.9 Å². The Kier molecular flexibility index (Phi) is 9.04. The van der Waals surface area contributed by atoms with E-state index in [-0.39, 0.29) is 11.5 Å². The summed E-state index contributed by atoms with van der Waals surface area (Å²) in [6.07, 6.45) is -1.23. The monoisotopic (exact) mass is 548 g/mol. The highest BCUT2D eigenvalue weighted by atomic mass is 32.2. The average molecular weight is 549 g/mol. The summed E-state index contributed by atoms with van der Waals surface area (Å²) in [6.45, 7) is 1.19. The summed E-state index contributed by atoms with van der Waals surface area (Å²) in [5, 5.41) is 10.8. The van der Waals surface area contributed by atoms with E-state index in [0.717, 1.165) is 22.3 Å². The molecule has 0 aliphatic rings. The summed E-state index contributed by atoms with van der Waals surface area (Å²) >= 11 is 0. The van der Waals surface area contributed by atoms with Gasteiger partial charge in [-0.1, -0.05) is 72.3 Å². The van der Waals surface area contributed by atoms with Crippen molar-refractivity contribution in [1.82, 2.24) is 0 Å². The van der Waals surface area contributed by atoms with Gasteiger partial charge in [0.25, 0.3) is 10.1 Å². The molecule has 0 fully saturated rings. The molecule has 7 nitrogen and oxygen atoms in total. The fourth-order valence-corrected chi connectivity index (χ4v) is 5.23. The van der Waals surface area contributed by atoms with Gasteiger partial charge in [0, 0.05) is 0 Å². The van der Waals surface area contributed by atoms with Gasteiger partial charge in [0.2, 0.25) is 0 Å². The molecule has 1 N–H and O–H groups in total. The first-order valence-electron chi connectivity index (χ1n) is 12.4. The average Bonchev–Trinajstić information content (AvgIpc) is 2.98. The van der Waals surface area contributed by atoms with Crippen molar-refractivity contribution >= 4 is 10.1 Å². The Balaban J connectivity index is 1.66. The van der Waals surface area contributed by atoms with E-state index in [9.17, 15) is 13.5 Å². The molecule has 0 radical (unpaired) electrons. The van der Waals surface area contributed by atoms with Gasteiger partial charge >= 0.3 is 0 Å². The molecule has 0 amide bonds. The predicted molar refractivity (Wildman–Crippen MR) is 149 cm³/mol. The van der Waals surface area contributed by atoms with Crippen molar-refractivity contribution in [2.75, 3.05) is 27.4 Å². The Morgan fingerprint density at radius 3 is 1.67 bits per heavy atom. The van der Waals surface area contributed by atoms with Crippen LogP contribution in [0.1, 0.15) is 22.3 Å². The van der Waals surface area contributed by atoms with Crippen LogP contribution in [0.3, 0.4) is 0 Å². The van der Waals surface area contributed by atoms with Gasteiger partial charge in [-0.25, -0.2) is 0 Å². The van der Waals surface area contributed by atoms with Crippen molar-refractivity contribution in [3.8, 4) is 11.5 Å². The quantitative estimate of drug-likeness (QED) is 0.195. The molecule has 0 bridgehead atoms. The zero-order chi connectivity index (χ0) is 27.9. The Bertz CT molecular complexity index is 1390. The molecule has 4 aromatic rings. The smallest absolute Gasteiger partial charge is 0.297 e. The summed E-state index contributed by atoms with van der Waals surface area (Å²) < 4.78 is 47.7. The number of aryl methyl sites for hydroxylation is 1. The lowest BCUT2D eigenvalue weighted by Crippen LogP contribution is -2.37. The van der Waals surface area contributed by atoms with E-state index in [1.54, 1.807) is 26.4 Å². The molecule has 0 saturated heterocycles. The maximum atomic E-state index is 12.6. The second kappa shape index (κ2) is 12.4. The van der Waals surface area contributed by atoms with Crippen molar-refractivity contribution in [2.45, 2.75) is 23.5 Å². The highest BCUT2D eigenvalue weighted by Gasteiger charge is 2.38. The fourth-order valence-electron chi connectivity index (χ4n) is 4.28. The summed E-state index contributed by atoms with van der Waals surface area (Å²) in [5.74, 6) is 1.37. The molecule has 0 aliphatic carbocycles. The van der Waals surface area contributed by atoms with Crippen molar-refractivity contribution in [2.24, 2.45) is 0 Å². The SMILES string of the molecule is COc1ccc(C(OC[C@H](O)COS(=O)(=O)c2ccc(C)cc2)(c2ccccc2)c2ccc(OC)cc2)cc1. The van der Waals surface area contributed by atoms with E-state index in [1.165, 1.54) is 12.1 Å². The zero-order valence-corrected chi connectivity index (χ0v) is 22.9. The summed E-state index contributed by atoms with van der Waals surface area (Å²) in [6, 6.07) is 30.9. The fraction of sp³-hybridized carbons (Fsp3) is 0.226. The summed E-state index contributed by atoms with van der Waals surface area (Å²) in [5.41, 5.74) is 2.19. The molecule has 0 aromatic heterocycles. The largest absolute Gasteiger partial charge is 0.497 e. The van der Waals surface area contributed by atoms with Gasteiger partial charge in [0.1, 0.15) is 23.2 Å². The topological polar surface area (TPSA) is 91.3 Å². The third-order valence-corrected chi connectivity index (χ3v) is 7.69. The molecule has 39 heavy (non-hydrogen) atoms. The maximum Gasteiger partial charge on any atom is 0.297 e. The number of hydrogen-bond acceptors (Lipinski definition) is 7. The first-order chi connectivity index (χ1) is 18.8. The van der Waals surface area contributed by atoms with Gasteiger partial charge < -0.3 is 19.3 Å². The van der Waals surface area contributed by atoms with Crippen LogP contribution in [0.15, 0.2) is 108 Å². The molecule has 8 heteroatoms. The lowest BCUT2D eigenvalue weighted by Gasteiger charge is -2.36. The molecule has 4 aromatic carbocycles. The van der Waals surface area contributed by atoms with Crippen LogP contribution in [0.4, 0.5) is 0 Å². The molecule has 0 saturated carbocycles. The molecule has 0 unspecified atom stereocenters. The van der Waals surface area contributed by atoms with Crippen LogP contribution in [0.2, 0.25) is 0 Å². The number of aliphatic hydroxyl groups excluding tert-OH is 1. The van der Waals surface area contributed by atoms with Gasteiger partial charge in [-0.3, -0.25) is 4.18 Å². The zero-order valence-electron chi connectivity index (χ0n) is 22.1. The molecule has 0 heterocycles. The highest BCUT2D eigenvalue weighted by molar-refractivity contribution is 7.86. The molecule has 0 spiro atoms. The number of benzene rings is 4. The van der Waals surface area contributed by atoms with E-state index in [2.05, 4.69) is 0 Å². The van der Waals surface area contributed by atoms with Gasteiger partial charge in [-0.2, -0.15) is 8.42 Å². The maximum absolute atomic E-state index is 12.6. The molecular weight excluding hydrogens is 516 g/mol. The minimum Gasteiger partial charge on any atom is -0.497 e. The number of aliphatic hydroxyl groups is 1. The van der Waals surface area contributed by atoms with E-state index in [0.29, 0.717) is 11.5 Å². The van der Waals surface area contributed by atoms with E-state index >= 15 is 0 Å². The first-order valence-corrected chi connectivity index (χ1v) is 13.8. The lowest BCUT2D eigenvalue weighted by atomic mass is 9.80. The molecular formula is C31H32O7S. The number of hydrogen-bond donors (Lipinski definition) is 1. The van der Waals surface area contributed by atoms with Gasteiger partial charge in [-0.05, 0) is 60.0 Å². The lowest BCUT2D eigenvalue weighted by molar-refractivity contribution is -0.0488. The minimum absolute atomic E-state index is 0.0244. The Morgan fingerprint density at radius 2 is 1.18 bits per heavy atom. The van der Waals surface area contributed by atoms with Gasteiger partial charge in [0.05, 0.1) is 32.3 Å². The third-order valence-electron chi connectivity index (χ3n) is 6.39. The van der Waals surface area contributed by atoms with E-state index < -0.39 is 28.4 Å². The van der Waals surface area contributed by atoms with E-state index in [4.69, 9.17) is 18.4 Å². The van der Waals surface area contributed by atoms with Crippen LogP contribution < -0.4 is 9.47 Å². The highest BCUT2D eigenvalue weighted by Crippen LogP contribution is 2.41. The Morgan fingerprint density at radius 1 is 0.692 bits per heavy atom. The minimum atomic E-state index is -4.04. The molecule has 4 rings (SSSR count). The van der Waals surface area contributed by atoms with Crippen molar-refractivity contribution in [3.05, 3.63) is 125 Å². The Hall–Kier alpha value is -3.69. The van der Waals surface area contributed by atoms with Crippen LogP contribution in [0, 0.1) is 6.92 Å². The number of rotatable bonds is 12. The van der Waals surface area contributed by atoms with Crippen LogP contribution in [0.25, 0.3) is 0 Å². The second-order valence-electron chi connectivity index (χ2n) is 9.02. The van der Waals surface area contributed by atoms with Crippen LogP contribution >= 0.6 is 0 Å². The van der Waals surface area contributed by atoms with Crippen molar-refractivity contribution in [1.29, 1.82) is 0 Å². The van der Waals surface area contributed by atoms with Gasteiger partial charge in [0.15, 0.2) is 0 Å². The number of ether oxygens (including phenoxy) is 3. The normalized spacial score (nSPS) is 12.6. The summed E-state index contributed by atoms with van der Waals surface area (Å²) in [7, 11) is -0.846. The predicted octanol–water partition coefficient (Wildman–Crippen LogP) is 5.09. The standard InChI is InChI=1S/C31H32O7S/c1-23-9-19-30(20-10-23)39(33,34)38-22-27(32)21-37-31(24-7-5-4-6-8-24,25-11-15-28(35-2)16-12-25)26-13-17-29(36-3)18-14-26/h4-20,27,32H,21-22H2,1-3H3/t27-/m0/s1. The van der Waals surface area contributed by atoms with Crippen LogP contribution in [0.5, 0.6) is 11.5 Å². The van der Waals surface area contributed by atoms with E-state index in [1.807, 2.05) is 85.8 Å². The van der Waals surface area contributed by atoms with Gasteiger partial charge in [-0.15, -0.1) is 0 Å². The molecule has 0 aliphatic heterocycles. The molecule has 204 valence electrons. The summed E-state index contributed by atoms with van der Waals surface area (Å²) in [4.78, 5) is 0.0244. The van der Waals surface area contributed by atoms with Crippen molar-refractivity contribution in [3.63, 3.8) is 0 Å². The number of methoxy groups -OCH3 is 2. The molecule has 1 atom stereocenters. The first kappa shape index (κ1) is 28.3.